The Labute approximate surface area is 204 Å². The lowest BCUT2D eigenvalue weighted by Gasteiger charge is -2.42. The second-order valence-corrected chi connectivity index (χ2v) is 10.6. The molecule has 0 spiro atoms. The zero-order valence-electron chi connectivity index (χ0n) is 20.8. The number of fused-ring (bicyclic) bond motifs is 2. The summed E-state index contributed by atoms with van der Waals surface area (Å²) in [5, 5.41) is 2.14. The monoisotopic (exact) mass is 480 g/mol. The van der Waals surface area contributed by atoms with Crippen molar-refractivity contribution < 1.29 is 22.7 Å². The van der Waals surface area contributed by atoms with E-state index in [1.807, 2.05) is 18.2 Å². The van der Waals surface area contributed by atoms with Gasteiger partial charge in [0.05, 0.1) is 17.7 Å². The largest absolute Gasteiger partial charge is 0.462 e. The van der Waals surface area contributed by atoms with Gasteiger partial charge in [0.25, 0.3) is 0 Å². The molecule has 2 nitrogen and oxygen atoms in total. The van der Waals surface area contributed by atoms with E-state index in [2.05, 4.69) is 39.8 Å². The second-order valence-electron chi connectivity index (χ2n) is 10.6. The molecular formula is C30H31F3O2. The Morgan fingerprint density at radius 3 is 2.14 bits per heavy atom. The quantitative estimate of drug-likeness (QED) is 0.213. The van der Waals surface area contributed by atoms with Crippen LogP contribution in [-0.2, 0) is 26.5 Å². The third-order valence-electron chi connectivity index (χ3n) is 7.14. The van der Waals surface area contributed by atoms with Crippen LogP contribution >= 0.6 is 0 Å². The molecule has 184 valence electrons. The summed E-state index contributed by atoms with van der Waals surface area (Å²) in [5.74, 6) is -0.653. The van der Waals surface area contributed by atoms with Crippen molar-refractivity contribution in [3.8, 4) is 0 Å². The minimum atomic E-state index is -4.50. The summed E-state index contributed by atoms with van der Waals surface area (Å²) in [4.78, 5) is 12.7. The highest BCUT2D eigenvalue weighted by Gasteiger charge is 2.37. The number of benzene rings is 3. The SMILES string of the molecule is CCOC(=O)C(=Cc1ccc2cc3c(cc2c1)C(C)(C)CCC3(C)C)c1cccc(C(F)(F)F)c1. The van der Waals surface area contributed by atoms with Crippen molar-refractivity contribution in [3.63, 3.8) is 0 Å². The highest BCUT2D eigenvalue weighted by molar-refractivity contribution is 6.21. The van der Waals surface area contributed by atoms with Crippen LogP contribution in [0.3, 0.4) is 0 Å². The van der Waals surface area contributed by atoms with E-state index < -0.39 is 17.7 Å². The summed E-state index contributed by atoms with van der Waals surface area (Å²) < 4.78 is 45.1. The number of carbonyl (C=O) groups excluding carboxylic acids is 1. The maximum Gasteiger partial charge on any atom is 0.416 e. The molecule has 4 rings (SSSR count). The summed E-state index contributed by atoms with van der Waals surface area (Å²) in [5.41, 5.74) is 3.03. The molecule has 3 aromatic carbocycles. The third-order valence-corrected chi connectivity index (χ3v) is 7.14. The summed E-state index contributed by atoms with van der Waals surface area (Å²) >= 11 is 0. The second kappa shape index (κ2) is 8.85. The lowest BCUT2D eigenvalue weighted by atomic mass is 9.63. The van der Waals surface area contributed by atoms with E-state index in [0.29, 0.717) is 0 Å². The molecule has 35 heavy (non-hydrogen) atoms. The lowest BCUT2D eigenvalue weighted by Crippen LogP contribution is -2.33. The van der Waals surface area contributed by atoms with Crippen molar-refractivity contribution in [1.82, 2.24) is 0 Å². The maximum absolute atomic E-state index is 13.3. The topological polar surface area (TPSA) is 26.3 Å². The van der Waals surface area contributed by atoms with Gasteiger partial charge in [-0.3, -0.25) is 0 Å². The van der Waals surface area contributed by atoms with Gasteiger partial charge in [0.2, 0.25) is 0 Å². The number of alkyl halides is 3. The highest BCUT2D eigenvalue weighted by Crippen LogP contribution is 2.47. The van der Waals surface area contributed by atoms with E-state index >= 15 is 0 Å². The Balaban J connectivity index is 1.85. The molecular weight excluding hydrogens is 449 g/mol. The first-order valence-corrected chi connectivity index (χ1v) is 12.0. The van der Waals surface area contributed by atoms with Crippen LogP contribution in [0.4, 0.5) is 13.2 Å². The minimum Gasteiger partial charge on any atom is -0.462 e. The Hall–Kier alpha value is -3.08. The van der Waals surface area contributed by atoms with Crippen molar-refractivity contribution >= 4 is 28.4 Å². The van der Waals surface area contributed by atoms with Crippen LogP contribution in [0, 0.1) is 0 Å². The summed E-state index contributed by atoms with van der Waals surface area (Å²) in [7, 11) is 0. The van der Waals surface area contributed by atoms with Crippen LogP contribution in [0.1, 0.15) is 75.3 Å². The summed E-state index contributed by atoms with van der Waals surface area (Å²) in [6.45, 7) is 10.9. The normalized spacial score (nSPS) is 17.2. The standard InChI is InChI=1S/C30H31F3O2/c1-6-35-27(34)24(21-8-7-9-23(16-21)30(31,32)33)15-19-10-11-20-17-25-26(18-22(20)14-19)29(4,5)13-12-28(25,2)3/h7-11,14-18H,6,12-13H2,1-5H3. The Morgan fingerprint density at radius 1 is 0.914 bits per heavy atom. The highest BCUT2D eigenvalue weighted by atomic mass is 19.4. The fourth-order valence-electron chi connectivity index (χ4n) is 4.92. The van der Waals surface area contributed by atoms with Gasteiger partial charge in [-0.25, -0.2) is 4.79 Å². The zero-order chi connectivity index (χ0) is 25.6. The van der Waals surface area contributed by atoms with Gasteiger partial charge in [-0.2, -0.15) is 13.2 Å². The van der Waals surface area contributed by atoms with Gasteiger partial charge in [0.1, 0.15) is 0 Å². The van der Waals surface area contributed by atoms with E-state index in [0.717, 1.165) is 41.3 Å². The van der Waals surface area contributed by atoms with Crippen molar-refractivity contribution in [3.05, 3.63) is 82.4 Å². The smallest absolute Gasteiger partial charge is 0.416 e. The van der Waals surface area contributed by atoms with Crippen molar-refractivity contribution in [2.75, 3.05) is 6.61 Å². The van der Waals surface area contributed by atoms with Crippen LogP contribution in [0.2, 0.25) is 0 Å². The van der Waals surface area contributed by atoms with E-state index in [9.17, 15) is 18.0 Å². The van der Waals surface area contributed by atoms with Crippen molar-refractivity contribution in [1.29, 1.82) is 0 Å². The van der Waals surface area contributed by atoms with E-state index in [4.69, 9.17) is 4.74 Å². The minimum absolute atomic E-state index is 0.0546. The predicted octanol–water partition coefficient (Wildman–Crippen LogP) is 8.31. The Kier molecular flexibility index (Phi) is 6.33. The van der Waals surface area contributed by atoms with Gasteiger partial charge in [-0.1, -0.05) is 64.1 Å². The fraction of sp³-hybridized carbons (Fsp3) is 0.367. The first-order valence-electron chi connectivity index (χ1n) is 12.0. The Morgan fingerprint density at radius 2 is 1.54 bits per heavy atom. The maximum atomic E-state index is 13.3. The number of esters is 1. The molecule has 0 fully saturated rings. The van der Waals surface area contributed by atoms with Crippen LogP contribution in [0.25, 0.3) is 22.4 Å². The van der Waals surface area contributed by atoms with Gasteiger partial charge < -0.3 is 4.74 Å². The lowest BCUT2D eigenvalue weighted by molar-refractivity contribution is -0.138. The van der Waals surface area contributed by atoms with Crippen LogP contribution in [-0.4, -0.2) is 12.6 Å². The van der Waals surface area contributed by atoms with E-state index in [1.54, 1.807) is 13.0 Å². The van der Waals surface area contributed by atoms with Gasteiger partial charge in [0, 0.05) is 0 Å². The molecule has 1 aliphatic carbocycles. The average Bonchev–Trinajstić information content (AvgIpc) is 2.79. The predicted molar refractivity (Wildman–Crippen MR) is 135 cm³/mol. The molecule has 0 atom stereocenters. The fourth-order valence-corrected chi connectivity index (χ4v) is 4.92. The molecule has 0 amide bonds. The van der Waals surface area contributed by atoms with Crippen LogP contribution in [0.15, 0.2) is 54.6 Å². The summed E-state index contributed by atoms with van der Waals surface area (Å²) in [6, 6.07) is 15.2. The number of ether oxygens (including phenoxy) is 1. The van der Waals surface area contributed by atoms with Gasteiger partial charge in [-0.15, -0.1) is 0 Å². The van der Waals surface area contributed by atoms with Crippen LogP contribution < -0.4 is 0 Å². The third kappa shape index (κ3) is 5.00. The number of halogens is 3. The van der Waals surface area contributed by atoms with Crippen molar-refractivity contribution in [2.45, 2.75) is 64.5 Å². The molecule has 0 saturated carbocycles. The molecule has 0 bridgehead atoms. The van der Waals surface area contributed by atoms with E-state index in [1.165, 1.54) is 23.3 Å². The number of hydrogen-bond acceptors (Lipinski definition) is 2. The number of rotatable bonds is 4. The molecule has 3 aromatic rings. The van der Waals surface area contributed by atoms with Crippen LogP contribution in [0.5, 0.6) is 0 Å². The first kappa shape index (κ1) is 25.0. The molecule has 0 radical (unpaired) electrons. The van der Waals surface area contributed by atoms with Crippen molar-refractivity contribution in [2.24, 2.45) is 0 Å². The Bertz CT molecular complexity index is 1310. The van der Waals surface area contributed by atoms with Gasteiger partial charge in [0.15, 0.2) is 0 Å². The van der Waals surface area contributed by atoms with E-state index in [-0.39, 0.29) is 28.6 Å². The molecule has 0 heterocycles. The first-order chi connectivity index (χ1) is 16.3. The zero-order valence-corrected chi connectivity index (χ0v) is 20.8. The number of carbonyl (C=O) groups is 1. The molecule has 0 aliphatic heterocycles. The van der Waals surface area contributed by atoms with Gasteiger partial charge in [-0.05, 0) is 87.9 Å². The molecule has 0 N–H and O–H groups in total. The molecule has 1 aliphatic rings. The molecule has 0 unspecified atom stereocenters. The molecule has 0 saturated heterocycles. The molecule has 5 heteroatoms. The average molecular weight is 481 g/mol. The molecule has 0 aromatic heterocycles. The van der Waals surface area contributed by atoms with Gasteiger partial charge >= 0.3 is 12.1 Å². The summed E-state index contributed by atoms with van der Waals surface area (Å²) in [6.07, 6.45) is -0.667. The number of hydrogen-bond donors (Lipinski definition) is 0.